The average molecular weight is 495 g/mol. The van der Waals surface area contributed by atoms with E-state index in [2.05, 4.69) is 6.07 Å². The molecule has 1 N–H and O–H groups in total. The highest BCUT2D eigenvalue weighted by Crippen LogP contribution is 2.38. The van der Waals surface area contributed by atoms with Gasteiger partial charge >= 0.3 is 12.1 Å². The zero-order valence-electron chi connectivity index (χ0n) is 20.6. The van der Waals surface area contributed by atoms with Crippen LogP contribution in [0.5, 0.6) is 0 Å². The second-order valence-electron chi connectivity index (χ2n) is 9.19. The molecule has 0 saturated heterocycles. The first kappa shape index (κ1) is 24.1. The summed E-state index contributed by atoms with van der Waals surface area (Å²) in [6.07, 6.45) is 1.19. The maximum atomic E-state index is 12.6. The SMILES string of the molecule is COC(=O)N1c2ccc3c(nc(CC(C(=O)O)c4ccccc4)n3-c3cccc(C#N)c3)c2CC[C@@H]1C. The topological polar surface area (TPSA) is 108 Å². The van der Waals surface area contributed by atoms with Gasteiger partial charge in [0, 0.05) is 23.7 Å². The molecule has 2 heterocycles. The zero-order valence-corrected chi connectivity index (χ0v) is 20.6. The van der Waals surface area contributed by atoms with Crippen LogP contribution >= 0.6 is 0 Å². The van der Waals surface area contributed by atoms with Gasteiger partial charge < -0.3 is 9.84 Å². The van der Waals surface area contributed by atoms with E-state index < -0.39 is 18.0 Å². The van der Waals surface area contributed by atoms with Crippen LogP contribution < -0.4 is 4.90 Å². The lowest BCUT2D eigenvalue weighted by Crippen LogP contribution is -2.42. The molecule has 5 rings (SSSR count). The maximum Gasteiger partial charge on any atom is 0.414 e. The minimum atomic E-state index is -0.941. The van der Waals surface area contributed by atoms with Crippen LogP contribution in [0.1, 0.15) is 41.8 Å². The predicted octanol–water partition coefficient (Wildman–Crippen LogP) is 5.22. The first-order chi connectivity index (χ1) is 17.9. The average Bonchev–Trinajstić information content (AvgIpc) is 3.30. The molecule has 0 aliphatic carbocycles. The van der Waals surface area contributed by atoms with Gasteiger partial charge in [-0.3, -0.25) is 14.3 Å². The van der Waals surface area contributed by atoms with Crippen molar-refractivity contribution in [1.82, 2.24) is 9.55 Å². The van der Waals surface area contributed by atoms with Crippen molar-refractivity contribution in [3.63, 3.8) is 0 Å². The Kier molecular flexibility index (Phi) is 6.36. The molecule has 0 fully saturated rings. The Hall–Kier alpha value is -4.64. The Morgan fingerprint density at radius 2 is 1.95 bits per heavy atom. The zero-order chi connectivity index (χ0) is 26.1. The van der Waals surface area contributed by atoms with Gasteiger partial charge in [-0.2, -0.15) is 5.26 Å². The highest BCUT2D eigenvalue weighted by Gasteiger charge is 2.32. The molecule has 4 aromatic rings. The molecule has 1 aliphatic heterocycles. The standard InChI is InChI=1S/C29H26N4O4/c1-18-11-12-22-24(32(18)29(36)37-2)13-14-25-27(22)31-26(33(25)21-10-6-7-19(15-21)17-30)16-23(28(34)35)20-8-4-3-5-9-20/h3-10,13-15,18,23H,11-12,16H2,1-2H3,(H,34,35)/t18-,23?/m0/s1. The van der Waals surface area contributed by atoms with E-state index >= 15 is 0 Å². The molecule has 8 heteroatoms. The summed E-state index contributed by atoms with van der Waals surface area (Å²) in [5.41, 5.74) is 5.08. The number of carbonyl (C=O) groups is 2. The molecule has 0 bridgehead atoms. The van der Waals surface area contributed by atoms with Gasteiger partial charge in [0.1, 0.15) is 5.82 Å². The highest BCUT2D eigenvalue weighted by molar-refractivity contribution is 5.96. The third-order valence-corrected chi connectivity index (χ3v) is 6.98. The highest BCUT2D eigenvalue weighted by atomic mass is 16.5. The summed E-state index contributed by atoms with van der Waals surface area (Å²) >= 11 is 0. The lowest BCUT2D eigenvalue weighted by atomic mass is 9.95. The van der Waals surface area contributed by atoms with Crippen molar-refractivity contribution in [1.29, 1.82) is 5.26 Å². The normalized spacial score (nSPS) is 15.6. The minimum Gasteiger partial charge on any atom is -0.481 e. The van der Waals surface area contributed by atoms with E-state index in [4.69, 9.17) is 9.72 Å². The third-order valence-electron chi connectivity index (χ3n) is 6.98. The number of methoxy groups -OCH3 is 1. The fraction of sp³-hybridized carbons (Fsp3) is 0.241. The van der Waals surface area contributed by atoms with Crippen LogP contribution in [0, 0.1) is 11.3 Å². The summed E-state index contributed by atoms with van der Waals surface area (Å²) in [5, 5.41) is 19.6. The van der Waals surface area contributed by atoms with Gasteiger partial charge in [0.2, 0.25) is 0 Å². The maximum absolute atomic E-state index is 12.6. The van der Waals surface area contributed by atoms with Crippen LogP contribution in [0.3, 0.4) is 0 Å². The molecule has 0 spiro atoms. The summed E-state index contributed by atoms with van der Waals surface area (Å²) in [6.45, 7) is 1.98. The minimum absolute atomic E-state index is 0.0271. The lowest BCUT2D eigenvalue weighted by molar-refractivity contribution is -0.138. The number of hydrogen-bond acceptors (Lipinski definition) is 5. The monoisotopic (exact) mass is 494 g/mol. The fourth-order valence-corrected chi connectivity index (χ4v) is 5.16. The van der Waals surface area contributed by atoms with Crippen molar-refractivity contribution in [2.45, 2.75) is 38.1 Å². The van der Waals surface area contributed by atoms with Crippen LogP contribution in [0.25, 0.3) is 16.7 Å². The van der Waals surface area contributed by atoms with E-state index in [-0.39, 0.29) is 12.5 Å². The van der Waals surface area contributed by atoms with Crippen LogP contribution in [0.2, 0.25) is 0 Å². The number of imidazole rings is 1. The van der Waals surface area contributed by atoms with Crippen LogP contribution in [0.4, 0.5) is 10.5 Å². The summed E-state index contributed by atoms with van der Waals surface area (Å²) in [6, 6.07) is 22.2. The Labute approximate surface area is 214 Å². The number of fused-ring (bicyclic) bond motifs is 3. The van der Waals surface area contributed by atoms with Gasteiger partial charge in [0.05, 0.1) is 41.4 Å². The number of anilines is 1. The molecule has 186 valence electrons. The Morgan fingerprint density at radius 1 is 1.16 bits per heavy atom. The molecular weight excluding hydrogens is 468 g/mol. The van der Waals surface area contributed by atoms with E-state index in [1.54, 1.807) is 35.2 Å². The number of carboxylic acid groups (broad SMARTS) is 1. The number of aliphatic carboxylic acids is 1. The van der Waals surface area contributed by atoms with Gasteiger partial charge in [-0.05, 0) is 55.7 Å². The molecule has 3 aromatic carbocycles. The Morgan fingerprint density at radius 3 is 2.65 bits per heavy atom. The number of amides is 1. The quantitative estimate of drug-likeness (QED) is 0.408. The molecule has 1 amide bonds. The summed E-state index contributed by atoms with van der Waals surface area (Å²) in [4.78, 5) is 31.6. The number of benzene rings is 3. The van der Waals surface area contributed by atoms with E-state index in [1.807, 2.05) is 47.9 Å². The molecule has 1 unspecified atom stereocenters. The van der Waals surface area contributed by atoms with E-state index in [9.17, 15) is 20.0 Å². The largest absolute Gasteiger partial charge is 0.481 e. The van der Waals surface area contributed by atoms with Gasteiger partial charge in [-0.1, -0.05) is 36.4 Å². The number of carboxylic acids is 1. The summed E-state index contributed by atoms with van der Waals surface area (Å²) in [7, 11) is 1.37. The summed E-state index contributed by atoms with van der Waals surface area (Å²) < 4.78 is 6.97. The summed E-state index contributed by atoms with van der Waals surface area (Å²) in [5.74, 6) is -1.18. The number of aryl methyl sites for hydroxylation is 1. The predicted molar refractivity (Wildman–Crippen MR) is 139 cm³/mol. The van der Waals surface area contributed by atoms with Crippen LogP contribution in [-0.4, -0.2) is 39.9 Å². The van der Waals surface area contributed by atoms with Gasteiger partial charge in [-0.15, -0.1) is 0 Å². The molecule has 37 heavy (non-hydrogen) atoms. The van der Waals surface area contributed by atoms with Gasteiger partial charge in [0.25, 0.3) is 0 Å². The molecule has 2 atom stereocenters. The molecule has 8 nitrogen and oxygen atoms in total. The van der Waals surface area contributed by atoms with E-state index in [1.165, 1.54) is 7.11 Å². The number of rotatable bonds is 5. The van der Waals surface area contributed by atoms with Crippen molar-refractivity contribution in [2.24, 2.45) is 0 Å². The fourth-order valence-electron chi connectivity index (χ4n) is 5.16. The Bertz CT molecular complexity index is 1540. The lowest BCUT2D eigenvalue weighted by Gasteiger charge is -2.34. The van der Waals surface area contributed by atoms with Crippen molar-refractivity contribution in [3.05, 3.63) is 89.2 Å². The smallest absolute Gasteiger partial charge is 0.414 e. The number of nitrogens with zero attached hydrogens (tertiary/aromatic N) is 4. The number of hydrogen-bond donors (Lipinski definition) is 1. The first-order valence-corrected chi connectivity index (χ1v) is 12.1. The molecule has 1 aliphatic rings. The van der Waals surface area contributed by atoms with Crippen molar-refractivity contribution >= 4 is 28.8 Å². The molecule has 1 aromatic heterocycles. The second kappa shape index (κ2) is 9.78. The second-order valence-corrected chi connectivity index (χ2v) is 9.19. The van der Waals surface area contributed by atoms with Crippen molar-refractivity contribution in [3.8, 4) is 11.8 Å². The molecule has 0 saturated carbocycles. The van der Waals surface area contributed by atoms with Crippen LogP contribution in [0.15, 0.2) is 66.7 Å². The van der Waals surface area contributed by atoms with Gasteiger partial charge in [-0.25, -0.2) is 9.78 Å². The molecular formula is C29H26N4O4. The van der Waals surface area contributed by atoms with Crippen molar-refractivity contribution < 1.29 is 19.4 Å². The number of aromatic nitrogens is 2. The first-order valence-electron chi connectivity index (χ1n) is 12.1. The number of nitriles is 1. The third kappa shape index (κ3) is 4.29. The Balaban J connectivity index is 1.73. The van der Waals surface area contributed by atoms with E-state index in [0.717, 1.165) is 35.3 Å². The van der Waals surface area contributed by atoms with Crippen LogP contribution in [-0.2, 0) is 22.4 Å². The molecule has 0 radical (unpaired) electrons. The number of carbonyl (C=O) groups excluding carboxylic acids is 1. The number of ether oxygens (including phenoxy) is 1. The van der Waals surface area contributed by atoms with Gasteiger partial charge in [0.15, 0.2) is 0 Å². The van der Waals surface area contributed by atoms with E-state index in [0.29, 0.717) is 22.5 Å². The van der Waals surface area contributed by atoms with Crippen molar-refractivity contribution in [2.75, 3.05) is 12.0 Å².